The van der Waals surface area contributed by atoms with Crippen molar-refractivity contribution in [1.29, 1.82) is 0 Å². The van der Waals surface area contributed by atoms with Crippen molar-refractivity contribution < 1.29 is 22.7 Å². The van der Waals surface area contributed by atoms with Crippen LogP contribution in [0.25, 0.3) is 0 Å². The number of carbonyl (C=O) groups is 2. The number of benzene rings is 4. The van der Waals surface area contributed by atoms with Gasteiger partial charge in [0.1, 0.15) is 18.3 Å². The van der Waals surface area contributed by atoms with E-state index >= 15 is 0 Å². The summed E-state index contributed by atoms with van der Waals surface area (Å²) < 4.78 is 34.1. The van der Waals surface area contributed by atoms with E-state index in [0.717, 1.165) is 9.87 Å². The first-order valence-electron chi connectivity index (χ1n) is 13.2. The van der Waals surface area contributed by atoms with Crippen LogP contribution in [-0.2, 0) is 32.6 Å². The molecule has 0 bridgehead atoms. The van der Waals surface area contributed by atoms with E-state index in [-0.39, 0.29) is 29.5 Å². The highest BCUT2D eigenvalue weighted by atomic mass is 35.5. The SMILES string of the molecule is CNC(=O)[C@H](Cc1ccccc1)N(Cc1cccc(Cl)c1)C(=O)CN(c1ccc(OC)cc1)S(=O)(=O)c1ccccc1. The van der Waals surface area contributed by atoms with E-state index in [0.29, 0.717) is 16.3 Å². The second kappa shape index (κ2) is 14.0. The number of hydrogen-bond donors (Lipinski definition) is 1. The smallest absolute Gasteiger partial charge is 0.264 e. The molecule has 0 spiro atoms. The number of rotatable bonds is 12. The summed E-state index contributed by atoms with van der Waals surface area (Å²) in [7, 11) is -1.15. The Morgan fingerprint density at radius 1 is 0.857 bits per heavy atom. The summed E-state index contributed by atoms with van der Waals surface area (Å²) in [6.07, 6.45) is 0.223. The molecule has 0 heterocycles. The van der Waals surface area contributed by atoms with Gasteiger partial charge < -0.3 is 15.0 Å². The number of anilines is 1. The van der Waals surface area contributed by atoms with Crippen molar-refractivity contribution >= 4 is 39.1 Å². The largest absolute Gasteiger partial charge is 0.497 e. The summed E-state index contributed by atoms with van der Waals surface area (Å²) in [5, 5.41) is 3.14. The topological polar surface area (TPSA) is 96.0 Å². The van der Waals surface area contributed by atoms with E-state index in [1.54, 1.807) is 66.7 Å². The maximum Gasteiger partial charge on any atom is 0.264 e. The fourth-order valence-electron chi connectivity index (χ4n) is 4.55. The number of hydrogen-bond acceptors (Lipinski definition) is 5. The molecular weight excluding hydrogens is 574 g/mol. The van der Waals surface area contributed by atoms with Gasteiger partial charge in [-0.25, -0.2) is 8.42 Å². The molecule has 0 fully saturated rings. The average Bonchev–Trinajstić information content (AvgIpc) is 3.02. The zero-order valence-electron chi connectivity index (χ0n) is 23.3. The average molecular weight is 606 g/mol. The highest BCUT2D eigenvalue weighted by Crippen LogP contribution is 2.27. The molecule has 42 heavy (non-hydrogen) atoms. The molecule has 4 aromatic carbocycles. The van der Waals surface area contributed by atoms with Gasteiger partial charge in [0.05, 0.1) is 17.7 Å². The zero-order chi connectivity index (χ0) is 30.1. The Labute approximate surface area is 251 Å². The fourth-order valence-corrected chi connectivity index (χ4v) is 6.20. The van der Waals surface area contributed by atoms with Crippen LogP contribution in [0.1, 0.15) is 11.1 Å². The maximum atomic E-state index is 14.3. The number of ether oxygens (including phenoxy) is 1. The summed E-state index contributed by atoms with van der Waals surface area (Å²) in [6, 6.07) is 29.7. The number of likely N-dealkylation sites (N-methyl/N-ethyl adjacent to an activating group) is 1. The molecule has 218 valence electrons. The van der Waals surface area contributed by atoms with Gasteiger partial charge in [0, 0.05) is 25.0 Å². The Balaban J connectivity index is 1.78. The van der Waals surface area contributed by atoms with E-state index < -0.39 is 28.5 Å². The summed E-state index contributed by atoms with van der Waals surface area (Å²) in [5.41, 5.74) is 1.81. The van der Waals surface area contributed by atoms with Crippen LogP contribution in [-0.4, -0.2) is 51.9 Å². The van der Waals surface area contributed by atoms with Crippen molar-refractivity contribution in [2.75, 3.05) is 25.0 Å². The summed E-state index contributed by atoms with van der Waals surface area (Å²) >= 11 is 6.24. The molecule has 0 aliphatic rings. The van der Waals surface area contributed by atoms with Crippen molar-refractivity contribution in [3.63, 3.8) is 0 Å². The number of nitrogens with one attached hydrogen (secondary N) is 1. The second-order valence-electron chi connectivity index (χ2n) is 9.49. The third kappa shape index (κ3) is 7.48. The quantitative estimate of drug-likeness (QED) is 0.247. The monoisotopic (exact) mass is 605 g/mol. The van der Waals surface area contributed by atoms with Gasteiger partial charge in [0.15, 0.2) is 0 Å². The molecular formula is C32H32ClN3O5S. The number of halogens is 1. The van der Waals surface area contributed by atoms with Crippen LogP contribution in [0.2, 0.25) is 5.02 Å². The third-order valence-corrected chi connectivity index (χ3v) is 8.75. The molecule has 1 atom stereocenters. The highest BCUT2D eigenvalue weighted by molar-refractivity contribution is 7.92. The lowest BCUT2D eigenvalue weighted by molar-refractivity contribution is -0.139. The van der Waals surface area contributed by atoms with Gasteiger partial charge in [-0.3, -0.25) is 13.9 Å². The number of nitrogens with zero attached hydrogens (tertiary/aromatic N) is 2. The van der Waals surface area contributed by atoms with Crippen LogP contribution < -0.4 is 14.4 Å². The second-order valence-corrected chi connectivity index (χ2v) is 11.8. The fraction of sp³-hybridized carbons (Fsp3) is 0.188. The molecule has 0 saturated carbocycles. The Hall–Kier alpha value is -4.34. The predicted molar refractivity (Wildman–Crippen MR) is 164 cm³/mol. The van der Waals surface area contributed by atoms with Crippen molar-refractivity contribution in [2.45, 2.75) is 23.9 Å². The standard InChI is InChI=1S/C32H32ClN3O5S/c1-34-32(38)30(21-24-10-5-3-6-11-24)35(22-25-12-9-13-26(33)20-25)31(37)23-36(27-16-18-28(41-2)19-17-27)42(39,40)29-14-7-4-8-15-29/h3-20,30H,21-23H2,1-2H3,(H,34,38)/t30-/m0/s1. The van der Waals surface area contributed by atoms with Gasteiger partial charge in [-0.15, -0.1) is 0 Å². The predicted octanol–water partition coefficient (Wildman–Crippen LogP) is 4.93. The van der Waals surface area contributed by atoms with Crippen LogP contribution in [0.15, 0.2) is 114 Å². The first-order valence-corrected chi connectivity index (χ1v) is 15.1. The molecule has 4 rings (SSSR count). The Bertz CT molecular complexity index is 1600. The van der Waals surface area contributed by atoms with Crippen LogP contribution in [0.5, 0.6) is 5.75 Å². The van der Waals surface area contributed by atoms with E-state index in [1.807, 2.05) is 30.3 Å². The molecule has 0 unspecified atom stereocenters. The normalized spacial score (nSPS) is 11.8. The van der Waals surface area contributed by atoms with Crippen molar-refractivity contribution in [1.82, 2.24) is 10.2 Å². The van der Waals surface area contributed by atoms with Crippen molar-refractivity contribution in [3.05, 3.63) is 125 Å². The van der Waals surface area contributed by atoms with Crippen LogP contribution in [0, 0.1) is 0 Å². The lowest BCUT2D eigenvalue weighted by atomic mass is 10.0. The number of sulfonamides is 1. The van der Waals surface area contributed by atoms with E-state index in [1.165, 1.54) is 31.2 Å². The maximum absolute atomic E-state index is 14.3. The molecule has 0 saturated heterocycles. The van der Waals surface area contributed by atoms with Crippen molar-refractivity contribution in [3.8, 4) is 5.75 Å². The molecule has 1 N–H and O–H groups in total. The lowest BCUT2D eigenvalue weighted by Gasteiger charge is -2.33. The van der Waals surface area contributed by atoms with E-state index in [2.05, 4.69) is 5.32 Å². The first-order chi connectivity index (χ1) is 20.2. The molecule has 0 radical (unpaired) electrons. The number of carbonyl (C=O) groups excluding carboxylic acids is 2. The van der Waals surface area contributed by atoms with E-state index in [4.69, 9.17) is 16.3 Å². The van der Waals surface area contributed by atoms with Crippen molar-refractivity contribution in [2.24, 2.45) is 0 Å². The Morgan fingerprint density at radius 3 is 2.07 bits per heavy atom. The Kier molecular flexibility index (Phi) is 10.2. The molecule has 2 amide bonds. The summed E-state index contributed by atoms with van der Waals surface area (Å²) in [4.78, 5) is 29.0. The van der Waals surface area contributed by atoms with Crippen LogP contribution in [0.4, 0.5) is 5.69 Å². The minimum Gasteiger partial charge on any atom is -0.497 e. The molecule has 10 heteroatoms. The van der Waals surface area contributed by atoms with Crippen LogP contribution >= 0.6 is 11.6 Å². The van der Waals surface area contributed by atoms with Gasteiger partial charge in [0.25, 0.3) is 10.0 Å². The lowest BCUT2D eigenvalue weighted by Crippen LogP contribution is -2.53. The number of methoxy groups -OCH3 is 1. The molecule has 0 aliphatic heterocycles. The zero-order valence-corrected chi connectivity index (χ0v) is 24.9. The summed E-state index contributed by atoms with van der Waals surface area (Å²) in [6.45, 7) is -0.515. The minimum atomic E-state index is -4.17. The van der Waals surface area contributed by atoms with E-state index in [9.17, 15) is 18.0 Å². The molecule has 4 aromatic rings. The third-order valence-electron chi connectivity index (χ3n) is 6.73. The van der Waals surface area contributed by atoms with Gasteiger partial charge in [0.2, 0.25) is 11.8 Å². The molecule has 0 aliphatic carbocycles. The minimum absolute atomic E-state index is 0.0298. The van der Waals surface area contributed by atoms with Gasteiger partial charge >= 0.3 is 0 Å². The Morgan fingerprint density at radius 2 is 1.48 bits per heavy atom. The van der Waals surface area contributed by atoms with Gasteiger partial charge in [-0.2, -0.15) is 0 Å². The van der Waals surface area contributed by atoms with Gasteiger partial charge in [-0.1, -0.05) is 72.3 Å². The van der Waals surface area contributed by atoms with Crippen LogP contribution in [0.3, 0.4) is 0 Å². The summed E-state index contributed by atoms with van der Waals surface area (Å²) in [5.74, 6) is -0.404. The highest BCUT2D eigenvalue weighted by Gasteiger charge is 2.34. The number of amides is 2. The molecule has 8 nitrogen and oxygen atoms in total. The first kappa shape index (κ1) is 30.6. The molecule has 0 aromatic heterocycles. The van der Waals surface area contributed by atoms with Gasteiger partial charge in [-0.05, 0) is 59.7 Å².